The Hall–Kier alpha value is -5.58. The lowest BCUT2D eigenvalue weighted by Crippen LogP contribution is -2.05. The van der Waals surface area contributed by atoms with E-state index < -0.39 is 0 Å². The normalized spacial score (nSPS) is 12.0. The van der Waals surface area contributed by atoms with E-state index in [1.165, 1.54) is 64.7 Å². The minimum absolute atomic E-state index is 0.813. The Morgan fingerprint density at radius 1 is 0.435 bits per heavy atom. The average Bonchev–Trinajstić information content (AvgIpc) is 3.77. The molecule has 0 fully saturated rings. The third kappa shape index (κ3) is 3.53. The Kier molecular flexibility index (Phi) is 5.43. The molecular formula is C42H25BN2S. The van der Waals surface area contributed by atoms with Gasteiger partial charge in [0.05, 0.1) is 22.1 Å². The van der Waals surface area contributed by atoms with Gasteiger partial charge >= 0.3 is 0 Å². The number of benzene rings is 7. The second-order valence-electron chi connectivity index (χ2n) is 12.0. The summed E-state index contributed by atoms with van der Waals surface area (Å²) in [4.78, 5) is 0. The van der Waals surface area contributed by atoms with Crippen LogP contribution in [0.15, 0.2) is 152 Å². The van der Waals surface area contributed by atoms with Crippen molar-refractivity contribution >= 4 is 88.4 Å². The molecule has 2 radical (unpaired) electrons. The summed E-state index contributed by atoms with van der Waals surface area (Å²) in [6.07, 6.45) is 0. The fourth-order valence-electron chi connectivity index (χ4n) is 7.57. The average molecular weight is 601 g/mol. The van der Waals surface area contributed by atoms with Gasteiger partial charge in [-0.2, -0.15) is 0 Å². The maximum atomic E-state index is 6.80. The topological polar surface area (TPSA) is 9.86 Å². The second kappa shape index (κ2) is 9.71. The zero-order chi connectivity index (χ0) is 30.4. The van der Waals surface area contributed by atoms with Gasteiger partial charge < -0.3 is 9.13 Å². The van der Waals surface area contributed by atoms with Crippen molar-refractivity contribution in [2.45, 2.75) is 0 Å². The minimum Gasteiger partial charge on any atom is -0.309 e. The molecule has 0 N–H and O–H groups in total. The van der Waals surface area contributed by atoms with Crippen LogP contribution in [0.2, 0.25) is 0 Å². The molecule has 0 unspecified atom stereocenters. The van der Waals surface area contributed by atoms with E-state index in [2.05, 4.69) is 161 Å². The Balaban J connectivity index is 1.32. The second-order valence-corrected chi connectivity index (χ2v) is 13.0. The molecular weight excluding hydrogens is 575 g/mol. The number of hydrogen-bond donors (Lipinski definition) is 0. The highest BCUT2D eigenvalue weighted by atomic mass is 32.1. The lowest BCUT2D eigenvalue weighted by Gasteiger charge is -2.13. The molecule has 2 nitrogen and oxygen atoms in total. The SMILES string of the molecule is [B]c1cc(-n2c3ccccc3c3c(-c4cccc5c6ccccc6n(-c6ccccc6)c45)cccc32)cc2c1sc1ccccc12. The van der Waals surface area contributed by atoms with Crippen molar-refractivity contribution in [3.63, 3.8) is 0 Å². The lowest BCUT2D eigenvalue weighted by atomic mass is 9.93. The van der Waals surface area contributed by atoms with E-state index in [0.29, 0.717) is 0 Å². The van der Waals surface area contributed by atoms with Crippen LogP contribution in [0, 0.1) is 0 Å². The number of rotatable bonds is 3. The first-order valence-corrected chi connectivity index (χ1v) is 16.4. The first-order chi connectivity index (χ1) is 22.8. The number of aromatic nitrogens is 2. The van der Waals surface area contributed by atoms with Gasteiger partial charge in [0.15, 0.2) is 0 Å². The van der Waals surface area contributed by atoms with Gasteiger partial charge in [-0.05, 0) is 54.1 Å². The molecule has 0 amide bonds. The Bertz CT molecular complexity index is 2820. The summed E-state index contributed by atoms with van der Waals surface area (Å²) < 4.78 is 7.22. The molecule has 0 spiro atoms. The number of hydrogen-bond acceptors (Lipinski definition) is 1. The van der Waals surface area contributed by atoms with Gasteiger partial charge in [-0.15, -0.1) is 11.3 Å². The van der Waals surface area contributed by atoms with Crippen molar-refractivity contribution in [3.8, 4) is 22.5 Å². The number of nitrogens with zero attached hydrogens (tertiary/aromatic N) is 2. The van der Waals surface area contributed by atoms with Gasteiger partial charge in [0.1, 0.15) is 7.85 Å². The standard InChI is InChI=1S/C42H25BN2S/c43-35-25-27(24-34-29-15-6-9-23-39(29)46-42(34)35)44-37-21-8-5-16-33(37)40-30(17-11-22-38(40)44)32-19-10-18-31-28-14-4-7-20-36(28)45(41(31)32)26-12-2-1-3-13-26/h1-25H. The molecule has 0 saturated carbocycles. The number of thiophene rings is 1. The van der Waals surface area contributed by atoms with E-state index in [1.807, 2.05) is 0 Å². The van der Waals surface area contributed by atoms with Crippen LogP contribution in [-0.2, 0) is 0 Å². The van der Waals surface area contributed by atoms with E-state index >= 15 is 0 Å². The third-order valence-electron chi connectivity index (χ3n) is 9.45. The zero-order valence-electron chi connectivity index (χ0n) is 24.8. The highest BCUT2D eigenvalue weighted by Gasteiger charge is 2.21. The molecule has 3 heterocycles. The Labute approximate surface area is 270 Å². The van der Waals surface area contributed by atoms with E-state index in [9.17, 15) is 0 Å². The lowest BCUT2D eigenvalue weighted by molar-refractivity contribution is 1.18. The molecule has 0 atom stereocenters. The molecule has 46 heavy (non-hydrogen) atoms. The highest BCUT2D eigenvalue weighted by molar-refractivity contribution is 7.26. The molecule has 0 aliphatic carbocycles. The van der Waals surface area contributed by atoms with Crippen LogP contribution in [0.25, 0.3) is 86.3 Å². The maximum absolute atomic E-state index is 6.80. The van der Waals surface area contributed by atoms with Gasteiger partial charge in [-0.25, -0.2) is 0 Å². The summed E-state index contributed by atoms with van der Waals surface area (Å²) in [6, 6.07) is 54.7. The number of para-hydroxylation sites is 4. The van der Waals surface area contributed by atoms with Gasteiger partial charge in [0.25, 0.3) is 0 Å². The van der Waals surface area contributed by atoms with E-state index in [-0.39, 0.29) is 0 Å². The molecule has 0 aliphatic rings. The monoisotopic (exact) mass is 600 g/mol. The first kappa shape index (κ1) is 25.7. The zero-order valence-corrected chi connectivity index (χ0v) is 25.6. The molecule has 212 valence electrons. The minimum atomic E-state index is 0.813. The van der Waals surface area contributed by atoms with Crippen LogP contribution in [0.1, 0.15) is 0 Å². The van der Waals surface area contributed by atoms with Crippen LogP contribution in [0.5, 0.6) is 0 Å². The van der Waals surface area contributed by atoms with Gasteiger partial charge in [0, 0.05) is 58.7 Å². The Morgan fingerprint density at radius 3 is 1.91 bits per heavy atom. The first-order valence-electron chi connectivity index (χ1n) is 15.6. The fourth-order valence-corrected chi connectivity index (χ4v) is 8.68. The van der Waals surface area contributed by atoms with Gasteiger partial charge in [-0.3, -0.25) is 0 Å². The van der Waals surface area contributed by atoms with E-state index in [4.69, 9.17) is 7.85 Å². The molecule has 0 bridgehead atoms. The van der Waals surface area contributed by atoms with Gasteiger partial charge in [-0.1, -0.05) is 109 Å². The molecule has 10 rings (SSSR count). The molecule has 0 aliphatic heterocycles. The summed E-state index contributed by atoms with van der Waals surface area (Å²) in [5.74, 6) is 0. The molecule has 3 aromatic heterocycles. The summed E-state index contributed by atoms with van der Waals surface area (Å²) in [5.41, 5.74) is 10.2. The Morgan fingerprint density at radius 2 is 1.07 bits per heavy atom. The highest BCUT2D eigenvalue weighted by Crippen LogP contribution is 2.44. The summed E-state index contributed by atoms with van der Waals surface area (Å²) >= 11 is 1.77. The number of fused-ring (bicyclic) bond motifs is 9. The van der Waals surface area contributed by atoms with Crippen molar-refractivity contribution in [3.05, 3.63) is 152 Å². The van der Waals surface area contributed by atoms with Crippen LogP contribution < -0.4 is 5.46 Å². The van der Waals surface area contributed by atoms with Crippen LogP contribution in [0.3, 0.4) is 0 Å². The third-order valence-corrected chi connectivity index (χ3v) is 10.7. The smallest absolute Gasteiger partial charge is 0.115 e. The van der Waals surface area contributed by atoms with Crippen LogP contribution in [-0.4, -0.2) is 17.0 Å². The van der Waals surface area contributed by atoms with Crippen LogP contribution in [0.4, 0.5) is 0 Å². The molecule has 4 heteroatoms. The van der Waals surface area contributed by atoms with E-state index in [1.54, 1.807) is 11.3 Å². The molecule has 7 aromatic carbocycles. The van der Waals surface area contributed by atoms with E-state index in [0.717, 1.165) is 27.1 Å². The van der Waals surface area contributed by atoms with Gasteiger partial charge in [0.2, 0.25) is 0 Å². The van der Waals surface area contributed by atoms with Crippen molar-refractivity contribution in [2.24, 2.45) is 0 Å². The summed E-state index contributed by atoms with van der Waals surface area (Å²) in [6.45, 7) is 0. The predicted molar refractivity (Wildman–Crippen MR) is 199 cm³/mol. The maximum Gasteiger partial charge on any atom is 0.115 e. The summed E-state index contributed by atoms with van der Waals surface area (Å²) in [5, 5.41) is 7.42. The largest absolute Gasteiger partial charge is 0.309 e. The molecule has 0 saturated heterocycles. The summed E-state index contributed by atoms with van der Waals surface area (Å²) in [7, 11) is 6.80. The fraction of sp³-hybridized carbons (Fsp3) is 0. The van der Waals surface area contributed by atoms with Crippen molar-refractivity contribution in [2.75, 3.05) is 0 Å². The quantitative estimate of drug-likeness (QED) is 0.179. The van der Waals surface area contributed by atoms with Crippen molar-refractivity contribution in [1.29, 1.82) is 0 Å². The van der Waals surface area contributed by atoms with Crippen molar-refractivity contribution < 1.29 is 0 Å². The van der Waals surface area contributed by atoms with Crippen LogP contribution >= 0.6 is 11.3 Å². The van der Waals surface area contributed by atoms with Crippen molar-refractivity contribution in [1.82, 2.24) is 9.13 Å². The molecule has 10 aromatic rings. The predicted octanol–water partition coefficient (Wildman–Crippen LogP) is 10.7.